The van der Waals surface area contributed by atoms with Crippen LogP contribution in [0.1, 0.15) is 27.2 Å². The van der Waals surface area contributed by atoms with Gasteiger partial charge in [0.25, 0.3) is 0 Å². The van der Waals surface area contributed by atoms with Crippen molar-refractivity contribution < 1.29 is 14.9 Å². The summed E-state index contributed by atoms with van der Waals surface area (Å²) in [5.74, 6) is 0.339. The predicted octanol–water partition coefficient (Wildman–Crippen LogP) is 1.93. The summed E-state index contributed by atoms with van der Waals surface area (Å²) in [6.45, 7) is 7.14. The van der Waals surface area contributed by atoms with Crippen LogP contribution in [0.4, 0.5) is 0 Å². The first kappa shape index (κ1) is 10.9. The van der Waals surface area contributed by atoms with Crippen molar-refractivity contribution in [2.45, 2.75) is 33.3 Å². The highest BCUT2D eigenvalue weighted by atomic mass is 17.1. The second kappa shape index (κ2) is 6.58. The van der Waals surface area contributed by atoms with E-state index in [-0.39, 0.29) is 6.10 Å². The summed E-state index contributed by atoms with van der Waals surface area (Å²) in [6, 6.07) is 0. The van der Waals surface area contributed by atoms with Crippen LogP contribution in [0, 0.1) is 5.92 Å². The predicted molar refractivity (Wildman–Crippen MR) is 43.4 cm³/mol. The van der Waals surface area contributed by atoms with Crippen molar-refractivity contribution in [1.82, 2.24) is 0 Å². The molecule has 0 heterocycles. The Bertz CT molecular complexity index is 85.4. The molecule has 3 nitrogen and oxygen atoms in total. The van der Waals surface area contributed by atoms with Crippen molar-refractivity contribution in [3.63, 3.8) is 0 Å². The molecular formula is C8H18O3. The molecule has 0 saturated heterocycles. The van der Waals surface area contributed by atoms with Crippen molar-refractivity contribution in [3.8, 4) is 0 Å². The summed E-state index contributed by atoms with van der Waals surface area (Å²) in [4.78, 5) is 4.28. The summed E-state index contributed by atoms with van der Waals surface area (Å²) in [5.41, 5.74) is 0. The largest absolute Gasteiger partial charge is 0.379 e. The van der Waals surface area contributed by atoms with E-state index in [4.69, 9.17) is 9.99 Å². The Kier molecular flexibility index (Phi) is 6.51. The molecule has 0 aromatic carbocycles. The Morgan fingerprint density at radius 3 is 2.36 bits per heavy atom. The topological polar surface area (TPSA) is 38.7 Å². The van der Waals surface area contributed by atoms with E-state index in [1.165, 1.54) is 0 Å². The third-order valence-electron chi connectivity index (χ3n) is 1.90. The minimum absolute atomic E-state index is 0.181. The van der Waals surface area contributed by atoms with Gasteiger partial charge in [0.05, 0.1) is 6.61 Å². The van der Waals surface area contributed by atoms with E-state index in [0.29, 0.717) is 19.1 Å². The number of hydrogen-bond acceptors (Lipinski definition) is 3. The Balaban J connectivity index is 3.56. The lowest BCUT2D eigenvalue weighted by Gasteiger charge is -2.18. The molecule has 0 aliphatic carbocycles. The lowest BCUT2D eigenvalue weighted by Crippen LogP contribution is -2.25. The molecule has 0 aliphatic heterocycles. The van der Waals surface area contributed by atoms with Gasteiger partial charge in [-0.1, -0.05) is 20.3 Å². The molecule has 0 aromatic rings. The van der Waals surface area contributed by atoms with E-state index in [9.17, 15) is 0 Å². The summed E-state index contributed by atoms with van der Waals surface area (Å²) in [7, 11) is 0. The maximum atomic E-state index is 8.47. The van der Waals surface area contributed by atoms with E-state index in [1.807, 2.05) is 13.8 Å². The van der Waals surface area contributed by atoms with Gasteiger partial charge in [-0.05, 0) is 12.8 Å². The zero-order chi connectivity index (χ0) is 8.69. The summed E-state index contributed by atoms with van der Waals surface area (Å²) < 4.78 is 5.12. The first-order valence-electron chi connectivity index (χ1n) is 4.14. The molecule has 0 amide bonds. The monoisotopic (exact) mass is 162 g/mol. The first-order valence-corrected chi connectivity index (χ1v) is 4.14. The van der Waals surface area contributed by atoms with Crippen molar-refractivity contribution >= 4 is 0 Å². The third-order valence-corrected chi connectivity index (χ3v) is 1.90. The van der Waals surface area contributed by atoms with Crippen LogP contribution in [-0.2, 0) is 9.62 Å². The fourth-order valence-electron chi connectivity index (χ4n) is 0.795. The average molecular weight is 162 g/mol. The quantitative estimate of drug-likeness (QED) is 0.479. The lowest BCUT2D eigenvalue weighted by molar-refractivity contribution is -0.297. The maximum Gasteiger partial charge on any atom is 0.118 e. The Hall–Kier alpha value is -0.120. The lowest BCUT2D eigenvalue weighted by atomic mass is 10.0. The SMILES string of the molecule is CCOCC(OO)C(C)CC. The van der Waals surface area contributed by atoms with Gasteiger partial charge in [0.2, 0.25) is 0 Å². The molecule has 0 saturated carbocycles. The van der Waals surface area contributed by atoms with Crippen LogP contribution >= 0.6 is 0 Å². The molecule has 0 fully saturated rings. The Morgan fingerprint density at radius 1 is 1.36 bits per heavy atom. The minimum Gasteiger partial charge on any atom is -0.379 e. The second-order valence-electron chi connectivity index (χ2n) is 2.69. The summed E-state index contributed by atoms with van der Waals surface area (Å²) in [6.07, 6.45) is 0.804. The van der Waals surface area contributed by atoms with Gasteiger partial charge in [-0.15, -0.1) is 0 Å². The van der Waals surface area contributed by atoms with Gasteiger partial charge in [0, 0.05) is 6.61 Å². The second-order valence-corrected chi connectivity index (χ2v) is 2.69. The van der Waals surface area contributed by atoms with Gasteiger partial charge in [-0.25, -0.2) is 4.89 Å². The number of rotatable bonds is 6. The van der Waals surface area contributed by atoms with E-state index in [2.05, 4.69) is 11.8 Å². The molecule has 2 unspecified atom stereocenters. The van der Waals surface area contributed by atoms with Crippen LogP contribution in [0.15, 0.2) is 0 Å². The van der Waals surface area contributed by atoms with Crippen molar-refractivity contribution in [3.05, 3.63) is 0 Å². The normalized spacial score (nSPS) is 16.4. The van der Waals surface area contributed by atoms with E-state index in [0.717, 1.165) is 6.42 Å². The minimum atomic E-state index is -0.181. The molecule has 68 valence electrons. The van der Waals surface area contributed by atoms with E-state index in [1.54, 1.807) is 0 Å². The highest BCUT2D eigenvalue weighted by Crippen LogP contribution is 2.10. The zero-order valence-corrected chi connectivity index (χ0v) is 7.54. The fourth-order valence-corrected chi connectivity index (χ4v) is 0.795. The van der Waals surface area contributed by atoms with Gasteiger partial charge < -0.3 is 4.74 Å². The molecule has 0 rings (SSSR count). The van der Waals surface area contributed by atoms with Gasteiger partial charge in [-0.2, -0.15) is 0 Å². The molecule has 11 heavy (non-hydrogen) atoms. The molecule has 2 atom stereocenters. The van der Waals surface area contributed by atoms with Crippen molar-refractivity contribution in [2.24, 2.45) is 5.92 Å². The molecule has 1 N–H and O–H groups in total. The molecule has 0 bridgehead atoms. The van der Waals surface area contributed by atoms with Gasteiger partial charge in [0.15, 0.2) is 0 Å². The highest BCUT2D eigenvalue weighted by Gasteiger charge is 2.15. The van der Waals surface area contributed by atoms with Crippen LogP contribution in [0.2, 0.25) is 0 Å². The summed E-state index contributed by atoms with van der Waals surface area (Å²) in [5, 5.41) is 8.47. The van der Waals surface area contributed by atoms with Gasteiger partial charge in [0.1, 0.15) is 6.10 Å². The van der Waals surface area contributed by atoms with E-state index < -0.39 is 0 Å². The smallest absolute Gasteiger partial charge is 0.118 e. The van der Waals surface area contributed by atoms with Crippen LogP contribution in [0.5, 0.6) is 0 Å². The van der Waals surface area contributed by atoms with Crippen LogP contribution in [0.3, 0.4) is 0 Å². The highest BCUT2D eigenvalue weighted by molar-refractivity contribution is 4.62. The first-order chi connectivity index (χ1) is 5.26. The van der Waals surface area contributed by atoms with Crippen molar-refractivity contribution in [2.75, 3.05) is 13.2 Å². The molecule has 0 aliphatic rings. The van der Waals surface area contributed by atoms with Gasteiger partial charge in [-0.3, -0.25) is 5.26 Å². The van der Waals surface area contributed by atoms with Crippen LogP contribution in [-0.4, -0.2) is 24.6 Å². The Labute approximate surface area is 68.2 Å². The molecule has 0 spiro atoms. The van der Waals surface area contributed by atoms with E-state index >= 15 is 0 Å². The van der Waals surface area contributed by atoms with Crippen LogP contribution in [0.25, 0.3) is 0 Å². The molecule has 3 heteroatoms. The third kappa shape index (κ3) is 4.35. The Morgan fingerprint density at radius 2 is 2.00 bits per heavy atom. The summed E-state index contributed by atoms with van der Waals surface area (Å²) >= 11 is 0. The van der Waals surface area contributed by atoms with Gasteiger partial charge >= 0.3 is 0 Å². The zero-order valence-electron chi connectivity index (χ0n) is 7.54. The van der Waals surface area contributed by atoms with Crippen molar-refractivity contribution in [1.29, 1.82) is 0 Å². The molecule has 0 radical (unpaired) electrons. The molecular weight excluding hydrogens is 144 g/mol. The standard InChI is InChI=1S/C8H18O3/c1-4-7(3)8(11-9)6-10-5-2/h7-9H,4-6H2,1-3H3. The number of ether oxygens (including phenoxy) is 1. The number of hydrogen-bond donors (Lipinski definition) is 1. The van der Waals surface area contributed by atoms with Crippen LogP contribution < -0.4 is 0 Å². The molecule has 0 aromatic heterocycles. The fraction of sp³-hybridized carbons (Fsp3) is 1.00. The average Bonchev–Trinajstić information content (AvgIpc) is 2.05. The maximum absolute atomic E-state index is 8.47.